The van der Waals surface area contributed by atoms with Gasteiger partial charge in [-0.05, 0) is 69.0 Å². The summed E-state index contributed by atoms with van der Waals surface area (Å²) in [5.74, 6) is 0.0117. The number of benzene rings is 2. The molecule has 3 rings (SSSR count). The van der Waals surface area contributed by atoms with Gasteiger partial charge in [-0.25, -0.2) is 8.78 Å². The fraction of sp³-hybridized carbons (Fsp3) is 0.536. The average Bonchev–Trinajstić information content (AvgIpc) is 2.84. The van der Waals surface area contributed by atoms with Crippen LogP contribution in [-0.4, -0.2) is 43.7 Å². The van der Waals surface area contributed by atoms with Crippen molar-refractivity contribution >= 4 is 5.97 Å². The Kier molecular flexibility index (Phi) is 11.0. The van der Waals surface area contributed by atoms with Crippen LogP contribution in [0, 0.1) is 17.6 Å². The van der Waals surface area contributed by atoms with Crippen molar-refractivity contribution in [1.82, 2.24) is 4.90 Å². The van der Waals surface area contributed by atoms with Gasteiger partial charge in [0.15, 0.2) is 0 Å². The van der Waals surface area contributed by atoms with Gasteiger partial charge in [-0.2, -0.15) is 0 Å². The molecular weight excluding hydrogens is 436 g/mol. The molecule has 1 atom stereocenters. The first kappa shape index (κ1) is 26.3. The molecular formula is C28H37F2NO3. The molecule has 186 valence electrons. The number of rotatable bonds is 13. The second-order valence-corrected chi connectivity index (χ2v) is 9.01. The van der Waals surface area contributed by atoms with Crippen LogP contribution < -0.4 is 0 Å². The van der Waals surface area contributed by atoms with Gasteiger partial charge in [0.05, 0.1) is 13.2 Å². The first-order chi connectivity index (χ1) is 16.6. The van der Waals surface area contributed by atoms with Crippen molar-refractivity contribution in [3.8, 4) is 0 Å². The number of hydrogen-bond donors (Lipinski definition) is 0. The van der Waals surface area contributed by atoms with Crippen molar-refractivity contribution in [2.75, 3.05) is 32.8 Å². The Morgan fingerprint density at radius 1 is 1.03 bits per heavy atom. The summed E-state index contributed by atoms with van der Waals surface area (Å²) in [5.41, 5.74) is 1.21. The predicted octanol–water partition coefficient (Wildman–Crippen LogP) is 6.30. The third-order valence-electron chi connectivity index (χ3n) is 6.56. The van der Waals surface area contributed by atoms with E-state index in [-0.39, 0.29) is 17.6 Å². The summed E-state index contributed by atoms with van der Waals surface area (Å²) in [4.78, 5) is 13.8. The Morgan fingerprint density at radius 2 is 1.76 bits per heavy atom. The molecule has 4 nitrogen and oxygen atoms in total. The highest BCUT2D eigenvalue weighted by Crippen LogP contribution is 2.29. The van der Waals surface area contributed by atoms with Crippen molar-refractivity contribution in [1.29, 1.82) is 0 Å². The number of unbranched alkanes of at least 4 members (excludes halogenated alkanes) is 2. The molecule has 0 saturated carbocycles. The maximum absolute atomic E-state index is 14.5. The van der Waals surface area contributed by atoms with Gasteiger partial charge in [0, 0.05) is 18.5 Å². The zero-order valence-corrected chi connectivity index (χ0v) is 20.2. The van der Waals surface area contributed by atoms with Gasteiger partial charge < -0.3 is 14.4 Å². The third-order valence-corrected chi connectivity index (χ3v) is 6.56. The SMILES string of the molecule is CCOC(=O)CCCCCC1CCN(CCOC(c2ccc(F)cc2)c2ccccc2F)CC1. The molecule has 1 saturated heterocycles. The van der Waals surface area contributed by atoms with Gasteiger partial charge in [0.2, 0.25) is 0 Å². The molecule has 1 heterocycles. The Balaban J connectivity index is 1.39. The van der Waals surface area contributed by atoms with E-state index in [0.717, 1.165) is 50.4 Å². The van der Waals surface area contributed by atoms with Crippen molar-refractivity contribution < 1.29 is 23.0 Å². The average molecular weight is 474 g/mol. The van der Waals surface area contributed by atoms with Crippen LogP contribution in [0.2, 0.25) is 0 Å². The highest BCUT2D eigenvalue weighted by Gasteiger charge is 2.21. The molecule has 0 bridgehead atoms. The number of carbonyl (C=O) groups is 1. The van der Waals surface area contributed by atoms with Crippen molar-refractivity contribution in [2.24, 2.45) is 5.92 Å². The minimum absolute atomic E-state index is 0.0882. The Hall–Kier alpha value is -2.31. The van der Waals surface area contributed by atoms with E-state index in [1.165, 1.54) is 37.5 Å². The van der Waals surface area contributed by atoms with Gasteiger partial charge in [-0.1, -0.05) is 49.6 Å². The molecule has 2 aromatic rings. The van der Waals surface area contributed by atoms with Gasteiger partial charge >= 0.3 is 5.97 Å². The number of carbonyl (C=O) groups excluding carboxylic acids is 1. The lowest BCUT2D eigenvalue weighted by molar-refractivity contribution is -0.143. The fourth-order valence-corrected chi connectivity index (χ4v) is 4.60. The first-order valence-electron chi connectivity index (χ1n) is 12.6. The molecule has 0 N–H and O–H groups in total. The number of hydrogen-bond acceptors (Lipinski definition) is 4. The maximum atomic E-state index is 14.5. The second-order valence-electron chi connectivity index (χ2n) is 9.01. The molecule has 34 heavy (non-hydrogen) atoms. The lowest BCUT2D eigenvalue weighted by Crippen LogP contribution is -2.36. The molecule has 1 fully saturated rings. The van der Waals surface area contributed by atoms with Gasteiger partial charge in [-0.3, -0.25) is 4.79 Å². The molecule has 1 aliphatic rings. The van der Waals surface area contributed by atoms with E-state index in [1.54, 1.807) is 30.3 Å². The number of esters is 1. The van der Waals surface area contributed by atoms with E-state index < -0.39 is 6.10 Å². The molecule has 1 unspecified atom stereocenters. The third kappa shape index (κ3) is 8.48. The smallest absolute Gasteiger partial charge is 0.305 e. The lowest BCUT2D eigenvalue weighted by atomic mass is 9.91. The number of ether oxygens (including phenoxy) is 2. The van der Waals surface area contributed by atoms with E-state index in [9.17, 15) is 13.6 Å². The zero-order chi connectivity index (χ0) is 24.2. The highest BCUT2D eigenvalue weighted by molar-refractivity contribution is 5.69. The van der Waals surface area contributed by atoms with E-state index in [1.807, 2.05) is 6.92 Å². The standard InChI is InChI=1S/C28H37F2NO3/c1-2-33-27(32)11-5-3-4-8-22-16-18-31(19-17-22)20-21-34-28(23-12-14-24(29)15-13-23)25-9-6-7-10-26(25)30/h6-7,9-10,12-15,22,28H,2-5,8,11,16-21H2,1H3. The number of likely N-dealkylation sites (tertiary alicyclic amines) is 1. The van der Waals surface area contributed by atoms with E-state index in [2.05, 4.69) is 4.90 Å². The Labute approximate surface area is 202 Å². The zero-order valence-electron chi connectivity index (χ0n) is 20.2. The summed E-state index contributed by atoms with van der Waals surface area (Å²) in [5, 5.41) is 0. The first-order valence-corrected chi connectivity index (χ1v) is 12.6. The maximum Gasteiger partial charge on any atom is 0.305 e. The van der Waals surface area contributed by atoms with Crippen molar-refractivity contribution in [3.05, 3.63) is 71.3 Å². The van der Waals surface area contributed by atoms with Crippen molar-refractivity contribution in [2.45, 2.75) is 58.0 Å². The predicted molar refractivity (Wildman–Crippen MR) is 129 cm³/mol. The van der Waals surface area contributed by atoms with Gasteiger partial charge in [0.1, 0.15) is 17.7 Å². The monoisotopic (exact) mass is 473 g/mol. The Morgan fingerprint density at radius 3 is 2.47 bits per heavy atom. The normalized spacial score (nSPS) is 15.9. The van der Waals surface area contributed by atoms with E-state index >= 15 is 0 Å². The van der Waals surface area contributed by atoms with Gasteiger partial charge in [0.25, 0.3) is 0 Å². The summed E-state index contributed by atoms with van der Waals surface area (Å²) < 4.78 is 39.0. The number of halogens is 2. The summed E-state index contributed by atoms with van der Waals surface area (Å²) in [6, 6.07) is 12.7. The fourth-order valence-electron chi connectivity index (χ4n) is 4.60. The number of piperidine rings is 1. The van der Waals surface area contributed by atoms with Crippen LogP contribution in [0.4, 0.5) is 8.78 Å². The molecule has 0 aromatic heterocycles. The molecule has 0 radical (unpaired) electrons. The molecule has 2 aromatic carbocycles. The topological polar surface area (TPSA) is 38.8 Å². The van der Waals surface area contributed by atoms with Crippen LogP contribution in [0.25, 0.3) is 0 Å². The van der Waals surface area contributed by atoms with E-state index in [0.29, 0.717) is 25.2 Å². The largest absolute Gasteiger partial charge is 0.466 e. The summed E-state index contributed by atoms with van der Waals surface area (Å²) in [6.45, 7) is 5.64. The lowest BCUT2D eigenvalue weighted by Gasteiger charge is -2.32. The number of nitrogens with zero attached hydrogens (tertiary/aromatic N) is 1. The molecule has 6 heteroatoms. The minimum atomic E-state index is -0.561. The summed E-state index contributed by atoms with van der Waals surface area (Å²) in [6.07, 6.45) is 6.67. The summed E-state index contributed by atoms with van der Waals surface area (Å²) in [7, 11) is 0. The van der Waals surface area contributed by atoms with Gasteiger partial charge in [-0.15, -0.1) is 0 Å². The van der Waals surface area contributed by atoms with E-state index in [4.69, 9.17) is 9.47 Å². The quantitative estimate of drug-likeness (QED) is 0.253. The van der Waals surface area contributed by atoms with Crippen LogP contribution >= 0.6 is 0 Å². The van der Waals surface area contributed by atoms with Crippen LogP contribution in [-0.2, 0) is 14.3 Å². The molecule has 1 aliphatic heterocycles. The van der Waals surface area contributed by atoms with Crippen molar-refractivity contribution in [3.63, 3.8) is 0 Å². The van der Waals surface area contributed by atoms with Crippen LogP contribution in [0.15, 0.2) is 48.5 Å². The molecule has 0 amide bonds. The van der Waals surface area contributed by atoms with Crippen LogP contribution in [0.1, 0.15) is 69.1 Å². The second kappa shape index (κ2) is 14.2. The summed E-state index contributed by atoms with van der Waals surface area (Å²) >= 11 is 0. The highest BCUT2D eigenvalue weighted by atomic mass is 19.1. The molecule has 0 spiro atoms. The van der Waals surface area contributed by atoms with Crippen LogP contribution in [0.3, 0.4) is 0 Å². The molecule has 0 aliphatic carbocycles. The van der Waals surface area contributed by atoms with Crippen LogP contribution in [0.5, 0.6) is 0 Å². The Bertz CT molecular complexity index is 866. The minimum Gasteiger partial charge on any atom is -0.466 e.